The molecule has 0 aliphatic carbocycles. The van der Waals surface area contributed by atoms with Crippen LogP contribution in [0.25, 0.3) is 0 Å². The Bertz CT molecular complexity index is 1000. The summed E-state index contributed by atoms with van der Waals surface area (Å²) in [6, 6.07) is 9.36. The lowest BCUT2D eigenvalue weighted by Gasteiger charge is -2.35. The van der Waals surface area contributed by atoms with Crippen molar-refractivity contribution in [2.24, 2.45) is 0 Å². The number of morpholine rings is 1. The number of aryl methyl sites for hydroxylation is 2. The van der Waals surface area contributed by atoms with Crippen molar-refractivity contribution in [3.8, 4) is 0 Å². The molecular formula is C26H32FN3O3. The second kappa shape index (κ2) is 10.8. The highest BCUT2D eigenvalue weighted by Gasteiger charge is 2.25. The molecule has 4 rings (SSSR count). The first-order chi connectivity index (χ1) is 16.1. The Hall–Kier alpha value is -2.93. The molecule has 2 heterocycles. The van der Waals surface area contributed by atoms with E-state index in [2.05, 4.69) is 29.3 Å². The van der Waals surface area contributed by atoms with E-state index in [0.717, 1.165) is 42.5 Å². The first-order valence-corrected chi connectivity index (χ1v) is 11.7. The van der Waals surface area contributed by atoms with Crippen LogP contribution in [0.4, 0.5) is 15.8 Å². The number of nitrogens with one attached hydrogen (secondary N) is 1. The molecule has 33 heavy (non-hydrogen) atoms. The van der Waals surface area contributed by atoms with Gasteiger partial charge in [0.1, 0.15) is 12.1 Å². The van der Waals surface area contributed by atoms with E-state index in [-0.39, 0.29) is 11.7 Å². The predicted octanol–water partition coefficient (Wildman–Crippen LogP) is 3.49. The SMILES string of the molecule is Cc1c(CNc2ccc(CCC=O)c(F)c2)ccc2c1N(CC(=O)N1CCOCC1)CCC2. The number of benzene rings is 2. The summed E-state index contributed by atoms with van der Waals surface area (Å²) in [5.41, 5.74) is 6.00. The quantitative estimate of drug-likeness (QED) is 0.620. The predicted molar refractivity (Wildman–Crippen MR) is 127 cm³/mol. The maximum Gasteiger partial charge on any atom is 0.242 e. The standard InChI is InChI=1S/C26H32FN3O3/c1-19-22(17-28-23-9-8-20(5-3-13-31)24(27)16-23)7-6-21-4-2-10-30(26(19)21)18-25(32)29-11-14-33-15-12-29/h6-9,13,16,28H,2-5,10-12,14-15,17-18H2,1H3. The van der Waals surface area contributed by atoms with E-state index in [1.165, 1.54) is 11.6 Å². The highest BCUT2D eigenvalue weighted by Crippen LogP contribution is 2.33. The second-order valence-corrected chi connectivity index (χ2v) is 8.74. The van der Waals surface area contributed by atoms with Gasteiger partial charge in [-0.25, -0.2) is 4.39 Å². The molecule has 0 radical (unpaired) electrons. The smallest absolute Gasteiger partial charge is 0.242 e. The zero-order valence-electron chi connectivity index (χ0n) is 19.2. The van der Waals surface area contributed by atoms with Gasteiger partial charge in [-0.2, -0.15) is 0 Å². The van der Waals surface area contributed by atoms with Crippen molar-refractivity contribution in [3.63, 3.8) is 0 Å². The molecule has 0 aromatic heterocycles. The summed E-state index contributed by atoms with van der Waals surface area (Å²) in [5.74, 6) is -0.143. The van der Waals surface area contributed by atoms with Crippen LogP contribution in [0, 0.1) is 12.7 Å². The van der Waals surface area contributed by atoms with Gasteiger partial charge >= 0.3 is 0 Å². The average molecular weight is 454 g/mol. The summed E-state index contributed by atoms with van der Waals surface area (Å²) in [6.45, 7) is 6.46. The minimum atomic E-state index is -0.295. The molecule has 1 N–H and O–H groups in total. The van der Waals surface area contributed by atoms with Crippen LogP contribution >= 0.6 is 0 Å². The van der Waals surface area contributed by atoms with E-state index in [0.29, 0.717) is 63.5 Å². The third-order valence-corrected chi connectivity index (χ3v) is 6.57. The van der Waals surface area contributed by atoms with Crippen LogP contribution in [0.3, 0.4) is 0 Å². The van der Waals surface area contributed by atoms with Crippen LogP contribution < -0.4 is 10.2 Å². The van der Waals surface area contributed by atoms with Crippen LogP contribution in [-0.4, -0.2) is 56.5 Å². The number of hydrogen-bond acceptors (Lipinski definition) is 5. The number of amides is 1. The molecule has 2 aliphatic heterocycles. The van der Waals surface area contributed by atoms with Crippen molar-refractivity contribution in [2.45, 2.75) is 39.2 Å². The molecule has 1 saturated heterocycles. The van der Waals surface area contributed by atoms with Crippen molar-refractivity contribution < 1.29 is 18.7 Å². The highest BCUT2D eigenvalue weighted by molar-refractivity contribution is 5.83. The van der Waals surface area contributed by atoms with Crippen molar-refractivity contribution in [1.82, 2.24) is 4.90 Å². The molecule has 0 atom stereocenters. The average Bonchev–Trinajstić information content (AvgIpc) is 2.83. The molecule has 0 unspecified atom stereocenters. The summed E-state index contributed by atoms with van der Waals surface area (Å²) in [6.07, 6.45) is 3.60. The Balaban J connectivity index is 1.46. The van der Waals surface area contributed by atoms with Gasteiger partial charge in [-0.1, -0.05) is 18.2 Å². The minimum absolute atomic E-state index is 0.152. The Morgan fingerprint density at radius 3 is 2.70 bits per heavy atom. The van der Waals surface area contributed by atoms with Crippen molar-refractivity contribution in [3.05, 3.63) is 58.4 Å². The molecule has 6 nitrogen and oxygen atoms in total. The van der Waals surface area contributed by atoms with Gasteiger partial charge in [0.05, 0.1) is 19.8 Å². The minimum Gasteiger partial charge on any atom is -0.381 e. The molecule has 2 aromatic carbocycles. The molecule has 2 aliphatic rings. The van der Waals surface area contributed by atoms with E-state index >= 15 is 0 Å². The van der Waals surface area contributed by atoms with Crippen LogP contribution in [0.1, 0.15) is 35.1 Å². The van der Waals surface area contributed by atoms with Gasteiger partial charge in [0, 0.05) is 44.0 Å². The topological polar surface area (TPSA) is 61.9 Å². The van der Waals surface area contributed by atoms with Gasteiger partial charge in [0.15, 0.2) is 0 Å². The summed E-state index contributed by atoms with van der Waals surface area (Å²) < 4.78 is 19.7. The van der Waals surface area contributed by atoms with Gasteiger partial charge in [0.2, 0.25) is 5.91 Å². The molecule has 176 valence electrons. The number of aldehydes is 1. The lowest BCUT2D eigenvalue weighted by atomic mass is 9.94. The Morgan fingerprint density at radius 2 is 1.94 bits per heavy atom. The number of halogens is 1. The number of hydrogen-bond donors (Lipinski definition) is 1. The number of anilines is 2. The Kier molecular flexibility index (Phi) is 7.60. The fourth-order valence-electron chi connectivity index (χ4n) is 4.71. The number of fused-ring (bicyclic) bond motifs is 1. The number of carbonyl (C=O) groups excluding carboxylic acids is 2. The maximum absolute atomic E-state index is 14.3. The van der Waals surface area contributed by atoms with Gasteiger partial charge in [0.25, 0.3) is 0 Å². The number of rotatable bonds is 8. The van der Waals surface area contributed by atoms with Crippen LogP contribution in [0.2, 0.25) is 0 Å². The molecular weight excluding hydrogens is 421 g/mol. The Labute approximate surface area is 194 Å². The molecule has 0 bridgehead atoms. The van der Waals surface area contributed by atoms with Crippen LogP contribution in [0.5, 0.6) is 0 Å². The third-order valence-electron chi connectivity index (χ3n) is 6.57. The zero-order valence-corrected chi connectivity index (χ0v) is 19.2. The fraction of sp³-hybridized carbons (Fsp3) is 0.462. The maximum atomic E-state index is 14.3. The summed E-state index contributed by atoms with van der Waals surface area (Å²) in [7, 11) is 0. The fourth-order valence-corrected chi connectivity index (χ4v) is 4.71. The number of ether oxygens (including phenoxy) is 1. The summed E-state index contributed by atoms with van der Waals surface area (Å²) in [5, 5.41) is 3.32. The molecule has 0 saturated carbocycles. The van der Waals surface area contributed by atoms with Gasteiger partial charge in [-0.15, -0.1) is 0 Å². The molecule has 1 amide bonds. The van der Waals surface area contributed by atoms with E-state index in [4.69, 9.17) is 4.74 Å². The van der Waals surface area contributed by atoms with Crippen LogP contribution in [0.15, 0.2) is 30.3 Å². The largest absolute Gasteiger partial charge is 0.381 e. The lowest BCUT2D eigenvalue weighted by Crippen LogP contribution is -2.47. The highest BCUT2D eigenvalue weighted by atomic mass is 19.1. The van der Waals surface area contributed by atoms with Crippen molar-refractivity contribution in [1.29, 1.82) is 0 Å². The normalized spacial score (nSPS) is 15.8. The van der Waals surface area contributed by atoms with Gasteiger partial charge < -0.3 is 24.6 Å². The van der Waals surface area contributed by atoms with E-state index in [1.54, 1.807) is 6.07 Å². The summed E-state index contributed by atoms with van der Waals surface area (Å²) >= 11 is 0. The van der Waals surface area contributed by atoms with Crippen LogP contribution in [-0.2, 0) is 33.7 Å². The van der Waals surface area contributed by atoms with Gasteiger partial charge in [-0.3, -0.25) is 4.79 Å². The van der Waals surface area contributed by atoms with Gasteiger partial charge in [-0.05, 0) is 60.6 Å². The monoisotopic (exact) mass is 453 g/mol. The summed E-state index contributed by atoms with van der Waals surface area (Å²) in [4.78, 5) is 27.5. The molecule has 0 spiro atoms. The van der Waals surface area contributed by atoms with E-state index < -0.39 is 0 Å². The van der Waals surface area contributed by atoms with Crippen molar-refractivity contribution in [2.75, 3.05) is 49.6 Å². The molecule has 2 aromatic rings. The zero-order chi connectivity index (χ0) is 23.2. The van der Waals surface area contributed by atoms with E-state index in [9.17, 15) is 14.0 Å². The number of nitrogens with zero attached hydrogens (tertiary/aromatic N) is 2. The van der Waals surface area contributed by atoms with Crippen molar-refractivity contribution >= 4 is 23.6 Å². The third kappa shape index (κ3) is 5.53. The lowest BCUT2D eigenvalue weighted by molar-refractivity contribution is -0.133. The first kappa shape index (κ1) is 23.2. The first-order valence-electron chi connectivity index (χ1n) is 11.7. The molecule has 7 heteroatoms. The van der Waals surface area contributed by atoms with E-state index in [1.807, 2.05) is 11.0 Å². The Morgan fingerprint density at radius 1 is 1.15 bits per heavy atom. The second-order valence-electron chi connectivity index (χ2n) is 8.74. The molecule has 1 fully saturated rings. The number of carbonyl (C=O) groups is 2.